The standard InChI is InChI=1S/C26H15Cl3N4O3S/c27-16-8-4-14(5-9-16)20-13-37-26(31-20)32-23(34)15-6-10-18(11-7-15)30-22-21(29)24(35)33(25(22)36)19-3-1-2-17(28)12-19/h1-13,30H,(H,31,32,34). The Hall–Kier alpha value is -3.69. The summed E-state index contributed by atoms with van der Waals surface area (Å²) in [5, 5.41) is 8.71. The zero-order valence-electron chi connectivity index (χ0n) is 18.7. The smallest absolute Gasteiger partial charge is 0.283 e. The minimum absolute atomic E-state index is 0.0682. The molecular formula is C26H15Cl3N4O3S. The molecule has 5 rings (SSSR count). The maximum absolute atomic E-state index is 12.9. The van der Waals surface area contributed by atoms with Gasteiger partial charge in [0.05, 0.1) is 11.4 Å². The van der Waals surface area contributed by atoms with Crippen molar-refractivity contribution in [3.05, 3.63) is 105 Å². The van der Waals surface area contributed by atoms with E-state index >= 15 is 0 Å². The molecule has 0 radical (unpaired) electrons. The number of imide groups is 1. The van der Waals surface area contributed by atoms with Crippen LogP contribution in [0.25, 0.3) is 11.3 Å². The van der Waals surface area contributed by atoms with Crippen molar-refractivity contribution in [2.45, 2.75) is 0 Å². The van der Waals surface area contributed by atoms with Crippen molar-refractivity contribution in [2.24, 2.45) is 0 Å². The summed E-state index contributed by atoms with van der Waals surface area (Å²) < 4.78 is 0. The lowest BCUT2D eigenvalue weighted by Crippen LogP contribution is -2.32. The van der Waals surface area contributed by atoms with Crippen LogP contribution in [0.2, 0.25) is 10.0 Å². The number of hydrogen-bond donors (Lipinski definition) is 2. The fourth-order valence-electron chi connectivity index (χ4n) is 3.56. The van der Waals surface area contributed by atoms with Crippen molar-refractivity contribution in [3.63, 3.8) is 0 Å². The SMILES string of the molecule is O=C(Nc1nc(-c2ccc(Cl)cc2)cs1)c1ccc(NC2=C(Cl)C(=O)N(c3cccc(Cl)c3)C2=O)cc1. The molecule has 0 saturated carbocycles. The third kappa shape index (κ3) is 5.23. The van der Waals surface area contributed by atoms with E-state index in [4.69, 9.17) is 34.8 Å². The van der Waals surface area contributed by atoms with E-state index in [1.54, 1.807) is 54.6 Å². The molecule has 0 atom stereocenters. The third-order valence-electron chi connectivity index (χ3n) is 5.37. The lowest BCUT2D eigenvalue weighted by molar-refractivity contribution is -0.120. The van der Waals surface area contributed by atoms with Gasteiger partial charge in [0.1, 0.15) is 10.7 Å². The summed E-state index contributed by atoms with van der Waals surface area (Å²) in [7, 11) is 0. The Morgan fingerprint density at radius 2 is 1.59 bits per heavy atom. The molecule has 1 aliphatic heterocycles. The maximum atomic E-state index is 12.9. The van der Waals surface area contributed by atoms with Crippen molar-refractivity contribution in [1.29, 1.82) is 0 Å². The Bertz CT molecular complexity index is 1570. The zero-order valence-corrected chi connectivity index (χ0v) is 21.8. The van der Waals surface area contributed by atoms with E-state index in [1.165, 1.54) is 17.4 Å². The van der Waals surface area contributed by atoms with Gasteiger partial charge in [-0.1, -0.05) is 53.0 Å². The molecule has 0 unspecified atom stereocenters. The summed E-state index contributed by atoms with van der Waals surface area (Å²) in [6.07, 6.45) is 0. The topological polar surface area (TPSA) is 91.4 Å². The van der Waals surface area contributed by atoms with Crippen molar-refractivity contribution in [2.75, 3.05) is 15.5 Å². The van der Waals surface area contributed by atoms with Crippen LogP contribution in [0.4, 0.5) is 16.5 Å². The number of carbonyl (C=O) groups excluding carboxylic acids is 3. The van der Waals surface area contributed by atoms with Crippen LogP contribution in [0.3, 0.4) is 0 Å². The van der Waals surface area contributed by atoms with Crippen molar-refractivity contribution < 1.29 is 14.4 Å². The summed E-state index contributed by atoms with van der Waals surface area (Å²) in [5.41, 5.74) is 2.70. The first-order valence-corrected chi connectivity index (χ1v) is 12.8. The number of rotatable bonds is 6. The molecule has 1 aliphatic rings. The Morgan fingerprint density at radius 3 is 2.30 bits per heavy atom. The van der Waals surface area contributed by atoms with Crippen LogP contribution in [-0.4, -0.2) is 22.7 Å². The summed E-state index contributed by atoms with van der Waals surface area (Å²) in [6.45, 7) is 0. The molecule has 0 spiro atoms. The number of thiazole rings is 1. The van der Waals surface area contributed by atoms with E-state index in [-0.39, 0.29) is 16.6 Å². The Morgan fingerprint density at radius 1 is 0.865 bits per heavy atom. The number of anilines is 3. The molecule has 37 heavy (non-hydrogen) atoms. The highest BCUT2D eigenvalue weighted by atomic mass is 35.5. The van der Waals surface area contributed by atoms with Gasteiger partial charge in [0, 0.05) is 32.2 Å². The van der Waals surface area contributed by atoms with Gasteiger partial charge in [-0.25, -0.2) is 9.88 Å². The first-order chi connectivity index (χ1) is 17.8. The highest BCUT2D eigenvalue weighted by Gasteiger charge is 2.39. The van der Waals surface area contributed by atoms with Crippen LogP contribution in [0.1, 0.15) is 10.4 Å². The van der Waals surface area contributed by atoms with Crippen molar-refractivity contribution in [1.82, 2.24) is 4.98 Å². The predicted molar refractivity (Wildman–Crippen MR) is 147 cm³/mol. The average molecular weight is 570 g/mol. The second kappa shape index (κ2) is 10.4. The van der Waals surface area contributed by atoms with Crippen LogP contribution in [-0.2, 0) is 9.59 Å². The number of carbonyl (C=O) groups is 3. The minimum atomic E-state index is -0.658. The molecule has 2 heterocycles. The molecule has 0 saturated heterocycles. The molecular weight excluding hydrogens is 555 g/mol. The molecule has 0 aliphatic carbocycles. The molecule has 0 fully saturated rings. The van der Waals surface area contributed by atoms with E-state index in [2.05, 4.69) is 15.6 Å². The normalized spacial score (nSPS) is 13.3. The largest absolute Gasteiger partial charge is 0.350 e. The number of nitrogens with one attached hydrogen (secondary N) is 2. The molecule has 0 bridgehead atoms. The van der Waals surface area contributed by atoms with Crippen molar-refractivity contribution >= 4 is 80.4 Å². The summed E-state index contributed by atoms with van der Waals surface area (Å²) in [6, 6.07) is 20.0. The number of hydrogen-bond acceptors (Lipinski definition) is 6. The molecule has 4 aromatic rings. The van der Waals surface area contributed by atoms with E-state index < -0.39 is 11.8 Å². The van der Waals surface area contributed by atoms with E-state index in [9.17, 15) is 14.4 Å². The molecule has 184 valence electrons. The first kappa shape index (κ1) is 25.0. The molecule has 3 aromatic carbocycles. The lowest BCUT2D eigenvalue weighted by atomic mass is 10.2. The summed E-state index contributed by atoms with van der Waals surface area (Å²) >= 11 is 19.4. The Labute approximate surface area is 230 Å². The molecule has 3 amide bonds. The van der Waals surface area contributed by atoms with Gasteiger partial charge in [-0.3, -0.25) is 19.7 Å². The number of nitrogens with zero attached hydrogens (tertiary/aromatic N) is 2. The fourth-order valence-corrected chi connectivity index (χ4v) is 4.80. The number of amides is 3. The quantitative estimate of drug-likeness (QED) is 0.249. The maximum Gasteiger partial charge on any atom is 0.283 e. The van der Waals surface area contributed by atoms with Gasteiger partial charge in [0.2, 0.25) is 0 Å². The number of benzene rings is 3. The van der Waals surface area contributed by atoms with Crippen LogP contribution >= 0.6 is 46.1 Å². The number of halogens is 3. The van der Waals surface area contributed by atoms with Gasteiger partial charge in [0.25, 0.3) is 17.7 Å². The average Bonchev–Trinajstić information content (AvgIpc) is 3.43. The molecule has 2 N–H and O–H groups in total. The van der Waals surface area contributed by atoms with E-state index in [0.29, 0.717) is 32.1 Å². The van der Waals surface area contributed by atoms with Gasteiger partial charge < -0.3 is 5.32 Å². The van der Waals surface area contributed by atoms with Crippen LogP contribution < -0.4 is 15.5 Å². The van der Waals surface area contributed by atoms with Gasteiger partial charge in [-0.15, -0.1) is 11.3 Å². The molecule has 11 heteroatoms. The number of aromatic nitrogens is 1. The summed E-state index contributed by atoms with van der Waals surface area (Å²) in [5.74, 6) is -1.62. The van der Waals surface area contributed by atoms with E-state index in [0.717, 1.165) is 16.2 Å². The van der Waals surface area contributed by atoms with Crippen molar-refractivity contribution in [3.8, 4) is 11.3 Å². The summed E-state index contributed by atoms with van der Waals surface area (Å²) in [4.78, 5) is 43.6. The first-order valence-electron chi connectivity index (χ1n) is 10.7. The fraction of sp³-hybridized carbons (Fsp3) is 0. The van der Waals surface area contributed by atoms with E-state index in [1.807, 2.05) is 17.5 Å². The second-order valence-corrected chi connectivity index (χ2v) is 9.92. The second-order valence-electron chi connectivity index (χ2n) is 7.82. The highest BCUT2D eigenvalue weighted by Crippen LogP contribution is 2.31. The highest BCUT2D eigenvalue weighted by molar-refractivity contribution is 7.14. The Balaban J connectivity index is 1.26. The Kier molecular flexibility index (Phi) is 6.99. The zero-order chi connectivity index (χ0) is 26.1. The van der Waals surface area contributed by atoms with Gasteiger partial charge >= 0.3 is 0 Å². The molecule has 1 aromatic heterocycles. The van der Waals surface area contributed by atoms with Crippen LogP contribution in [0.15, 0.2) is 88.9 Å². The third-order valence-corrected chi connectivity index (χ3v) is 6.97. The van der Waals surface area contributed by atoms with Gasteiger partial charge in [-0.05, 0) is 54.6 Å². The lowest BCUT2D eigenvalue weighted by Gasteiger charge is -2.15. The van der Waals surface area contributed by atoms with Crippen LogP contribution in [0, 0.1) is 0 Å². The minimum Gasteiger partial charge on any atom is -0.350 e. The molecule has 7 nitrogen and oxygen atoms in total. The predicted octanol–water partition coefficient (Wildman–Crippen LogP) is 6.80. The van der Waals surface area contributed by atoms with Gasteiger partial charge in [0.15, 0.2) is 5.13 Å². The van der Waals surface area contributed by atoms with Gasteiger partial charge in [-0.2, -0.15) is 0 Å². The monoisotopic (exact) mass is 568 g/mol. The van der Waals surface area contributed by atoms with Crippen LogP contribution in [0.5, 0.6) is 0 Å².